The van der Waals surface area contributed by atoms with Gasteiger partial charge in [-0.15, -0.1) is 0 Å². The van der Waals surface area contributed by atoms with E-state index in [0.717, 1.165) is 10.1 Å². The van der Waals surface area contributed by atoms with Crippen molar-refractivity contribution < 1.29 is 13.9 Å². The molecule has 0 unspecified atom stereocenters. The van der Waals surface area contributed by atoms with Gasteiger partial charge in [-0.05, 0) is 36.7 Å². The van der Waals surface area contributed by atoms with E-state index in [-0.39, 0.29) is 43.3 Å². The van der Waals surface area contributed by atoms with Crippen molar-refractivity contribution in [2.45, 2.75) is 33.5 Å². The summed E-state index contributed by atoms with van der Waals surface area (Å²) < 4.78 is 21.3. The molecule has 3 rings (SSSR count). The van der Waals surface area contributed by atoms with E-state index in [4.69, 9.17) is 10.5 Å². The zero-order valence-electron chi connectivity index (χ0n) is 19.6. The zero-order valence-corrected chi connectivity index (χ0v) is 19.6. The third kappa shape index (κ3) is 5.26. The molecule has 34 heavy (non-hydrogen) atoms. The predicted molar refractivity (Wildman–Crippen MR) is 129 cm³/mol. The van der Waals surface area contributed by atoms with Gasteiger partial charge in [0.15, 0.2) is 17.3 Å². The van der Waals surface area contributed by atoms with Crippen LogP contribution in [0.1, 0.15) is 35.3 Å². The molecule has 1 heterocycles. The van der Waals surface area contributed by atoms with Gasteiger partial charge < -0.3 is 10.5 Å². The van der Waals surface area contributed by atoms with E-state index >= 15 is 0 Å². The fraction of sp³-hybridized carbons (Fsp3) is 0.320. The molecule has 0 saturated heterocycles. The van der Waals surface area contributed by atoms with Crippen molar-refractivity contribution in [1.82, 2.24) is 14.0 Å². The maximum Gasteiger partial charge on any atom is 0.332 e. The summed E-state index contributed by atoms with van der Waals surface area (Å²) in [6.07, 6.45) is 0. The lowest BCUT2D eigenvalue weighted by molar-refractivity contribution is 0.0927. The van der Waals surface area contributed by atoms with E-state index in [2.05, 4.69) is 0 Å². The third-order valence-corrected chi connectivity index (χ3v) is 5.68. The quantitative estimate of drug-likeness (QED) is 0.459. The highest BCUT2D eigenvalue weighted by molar-refractivity contribution is 6.01. The van der Waals surface area contributed by atoms with Crippen LogP contribution in [0.4, 0.5) is 10.2 Å². The largest absolute Gasteiger partial charge is 0.494 e. The molecule has 0 atom stereocenters. The van der Waals surface area contributed by atoms with E-state index in [1.165, 1.54) is 23.8 Å². The van der Waals surface area contributed by atoms with E-state index in [1.54, 1.807) is 17.9 Å². The number of ketones is 1. The average molecular weight is 469 g/mol. The molecule has 0 fully saturated rings. The smallest absolute Gasteiger partial charge is 0.332 e. The number of anilines is 1. The number of likely N-dealkylation sites (N-methyl/N-ethyl adjacent to an activating group) is 1. The zero-order chi connectivity index (χ0) is 24.8. The summed E-state index contributed by atoms with van der Waals surface area (Å²) in [5, 5.41) is 0. The molecule has 2 N–H and O–H groups in total. The molecule has 0 aliphatic heterocycles. The summed E-state index contributed by atoms with van der Waals surface area (Å²) in [6, 6.07) is 13.8. The minimum atomic E-state index is -0.703. The summed E-state index contributed by atoms with van der Waals surface area (Å²) in [4.78, 5) is 40.9. The molecule has 0 radical (unpaired) electrons. The number of Topliss-reactive ketones (excluding diaryl/α,β-unsaturated/α-hetero) is 1. The molecule has 0 spiro atoms. The summed E-state index contributed by atoms with van der Waals surface area (Å²) >= 11 is 0. The van der Waals surface area contributed by atoms with Crippen LogP contribution in [-0.4, -0.2) is 40.0 Å². The van der Waals surface area contributed by atoms with E-state index in [0.29, 0.717) is 12.1 Å². The number of hydrogen-bond acceptors (Lipinski definition) is 6. The molecule has 3 aromatic rings. The predicted octanol–water partition coefficient (Wildman–Crippen LogP) is 2.51. The fourth-order valence-corrected chi connectivity index (χ4v) is 3.80. The van der Waals surface area contributed by atoms with Gasteiger partial charge in [-0.3, -0.25) is 23.6 Å². The van der Waals surface area contributed by atoms with Gasteiger partial charge in [-0.1, -0.05) is 43.3 Å². The van der Waals surface area contributed by atoms with Gasteiger partial charge in [-0.2, -0.15) is 0 Å². The monoisotopic (exact) mass is 468 g/mol. The van der Waals surface area contributed by atoms with Crippen LogP contribution in [0.3, 0.4) is 0 Å². The molecule has 0 bridgehead atoms. The number of carbonyl (C=O) groups excluding carboxylic acids is 1. The van der Waals surface area contributed by atoms with Crippen molar-refractivity contribution in [3.8, 4) is 5.75 Å². The Kier molecular flexibility index (Phi) is 8.01. The number of rotatable bonds is 10. The third-order valence-electron chi connectivity index (χ3n) is 5.68. The first-order valence-corrected chi connectivity index (χ1v) is 11.1. The first kappa shape index (κ1) is 24.9. The molecule has 0 amide bonds. The second-order valence-electron chi connectivity index (χ2n) is 7.86. The fourth-order valence-electron chi connectivity index (χ4n) is 3.80. The number of nitrogen functional groups attached to an aromatic ring is 1. The Morgan fingerprint density at radius 3 is 2.35 bits per heavy atom. The van der Waals surface area contributed by atoms with Gasteiger partial charge in [0.05, 0.1) is 20.2 Å². The first-order valence-electron chi connectivity index (χ1n) is 11.1. The van der Waals surface area contributed by atoms with Gasteiger partial charge in [0.2, 0.25) is 0 Å². The number of nitrogens with two attached hydrogens (primary N) is 1. The highest BCUT2D eigenvalue weighted by atomic mass is 19.1. The number of hydrogen-bond donors (Lipinski definition) is 1. The molecule has 180 valence electrons. The Morgan fingerprint density at radius 1 is 1.06 bits per heavy atom. The number of aromatic nitrogens is 2. The van der Waals surface area contributed by atoms with Crippen LogP contribution in [0.2, 0.25) is 0 Å². The van der Waals surface area contributed by atoms with E-state index < -0.39 is 22.8 Å². The summed E-state index contributed by atoms with van der Waals surface area (Å²) in [5.41, 5.74) is 6.21. The Balaban J connectivity index is 1.93. The van der Waals surface area contributed by atoms with Gasteiger partial charge in [0, 0.05) is 13.1 Å². The topological polar surface area (TPSA) is 99.6 Å². The van der Waals surface area contributed by atoms with Crippen LogP contribution < -0.4 is 21.7 Å². The Hall–Kier alpha value is -3.72. The molecule has 0 aliphatic carbocycles. The standard InChI is InChI=1S/C25H29FN4O4/c1-4-28(14-18-11-12-21(34-3)19(26)13-18)16-20(31)22-23(27)30(15-17-9-7-6-8-10-17)25(33)29(5-2)24(22)32/h6-13H,4-5,14-16,27H2,1-3H3. The lowest BCUT2D eigenvalue weighted by Gasteiger charge is -2.21. The number of nitrogens with zero attached hydrogens (tertiary/aromatic N) is 3. The normalized spacial score (nSPS) is 11.1. The van der Waals surface area contributed by atoms with Crippen LogP contribution in [0.25, 0.3) is 0 Å². The highest BCUT2D eigenvalue weighted by Crippen LogP contribution is 2.19. The van der Waals surface area contributed by atoms with Crippen LogP contribution in [0.15, 0.2) is 58.1 Å². The molecular weight excluding hydrogens is 439 g/mol. The maximum atomic E-state index is 14.1. The second kappa shape index (κ2) is 10.9. The van der Waals surface area contributed by atoms with E-state index in [9.17, 15) is 18.8 Å². The number of halogens is 1. The summed E-state index contributed by atoms with van der Waals surface area (Å²) in [5.74, 6) is -1.01. The van der Waals surface area contributed by atoms with Gasteiger partial charge in [0.25, 0.3) is 5.56 Å². The van der Waals surface area contributed by atoms with Crippen LogP contribution >= 0.6 is 0 Å². The molecule has 9 heteroatoms. The van der Waals surface area contributed by atoms with E-state index in [1.807, 2.05) is 37.3 Å². The van der Waals surface area contributed by atoms with Crippen LogP contribution in [0, 0.1) is 5.82 Å². The lowest BCUT2D eigenvalue weighted by atomic mass is 10.1. The molecule has 0 aliphatic rings. The lowest BCUT2D eigenvalue weighted by Crippen LogP contribution is -2.45. The van der Waals surface area contributed by atoms with Crippen LogP contribution in [-0.2, 0) is 19.6 Å². The Bertz CT molecular complexity index is 1280. The number of benzene rings is 2. The Labute approximate surface area is 197 Å². The Morgan fingerprint density at radius 2 is 1.76 bits per heavy atom. The first-order chi connectivity index (χ1) is 16.3. The summed E-state index contributed by atoms with van der Waals surface area (Å²) in [7, 11) is 1.39. The molecule has 0 saturated carbocycles. The van der Waals surface area contributed by atoms with Crippen molar-refractivity contribution in [2.24, 2.45) is 0 Å². The maximum absolute atomic E-state index is 14.1. The average Bonchev–Trinajstić information content (AvgIpc) is 2.82. The van der Waals surface area contributed by atoms with Crippen molar-refractivity contribution in [3.05, 3.63) is 91.9 Å². The SMILES string of the molecule is CCN(CC(=O)c1c(N)n(Cc2ccccc2)c(=O)n(CC)c1=O)Cc1ccc(OC)c(F)c1. The van der Waals surface area contributed by atoms with Crippen molar-refractivity contribution in [3.63, 3.8) is 0 Å². The number of methoxy groups -OCH3 is 1. The second-order valence-corrected chi connectivity index (χ2v) is 7.86. The van der Waals surface area contributed by atoms with Crippen LogP contribution in [0.5, 0.6) is 5.75 Å². The highest BCUT2D eigenvalue weighted by Gasteiger charge is 2.24. The number of carbonyl (C=O) groups is 1. The molecular formula is C25H29FN4O4. The molecule has 2 aromatic carbocycles. The number of ether oxygens (including phenoxy) is 1. The van der Waals surface area contributed by atoms with Gasteiger partial charge in [-0.25, -0.2) is 9.18 Å². The molecule has 8 nitrogen and oxygen atoms in total. The molecule has 1 aromatic heterocycles. The minimum absolute atomic E-state index is 0.107. The summed E-state index contributed by atoms with van der Waals surface area (Å²) in [6.45, 7) is 4.41. The van der Waals surface area contributed by atoms with Crippen molar-refractivity contribution in [1.29, 1.82) is 0 Å². The van der Waals surface area contributed by atoms with Gasteiger partial charge >= 0.3 is 5.69 Å². The van der Waals surface area contributed by atoms with Crippen molar-refractivity contribution >= 4 is 11.6 Å². The van der Waals surface area contributed by atoms with Gasteiger partial charge in [0.1, 0.15) is 11.4 Å². The van der Waals surface area contributed by atoms with Crippen molar-refractivity contribution in [2.75, 3.05) is 25.9 Å². The minimum Gasteiger partial charge on any atom is -0.494 e.